The fourth-order valence-electron chi connectivity index (χ4n) is 2.29. The molecule has 2 aromatic rings. The molecule has 6 nitrogen and oxygen atoms in total. The number of hydrogen-bond acceptors (Lipinski definition) is 5. The highest BCUT2D eigenvalue weighted by Crippen LogP contribution is 2.22. The molecule has 6 heteroatoms. The van der Waals surface area contributed by atoms with Gasteiger partial charge in [-0.05, 0) is 32.4 Å². The Kier molecular flexibility index (Phi) is 3.02. The van der Waals surface area contributed by atoms with Crippen molar-refractivity contribution in [2.45, 2.75) is 25.8 Å². The van der Waals surface area contributed by atoms with Gasteiger partial charge < -0.3 is 5.32 Å². The summed E-state index contributed by atoms with van der Waals surface area (Å²) in [6.45, 7) is 3.98. The standard InChI is InChI=1S/C12H16N6/c1-9-4-6-14-12(16-9)11-8-15-17-18(11)10-3-2-5-13-7-10/h4,6,8,10,13H,2-3,5,7H2,1H3. The lowest BCUT2D eigenvalue weighted by Gasteiger charge is -2.23. The third-order valence-corrected chi connectivity index (χ3v) is 3.22. The van der Waals surface area contributed by atoms with Crippen LogP contribution >= 0.6 is 0 Å². The van der Waals surface area contributed by atoms with E-state index in [2.05, 4.69) is 25.6 Å². The number of nitrogens with zero attached hydrogens (tertiary/aromatic N) is 5. The van der Waals surface area contributed by atoms with Crippen LogP contribution in [0.3, 0.4) is 0 Å². The summed E-state index contributed by atoms with van der Waals surface area (Å²) in [4.78, 5) is 8.74. The van der Waals surface area contributed by atoms with Crippen molar-refractivity contribution >= 4 is 0 Å². The molecule has 0 bridgehead atoms. The van der Waals surface area contributed by atoms with Crippen molar-refractivity contribution in [3.05, 3.63) is 24.2 Å². The van der Waals surface area contributed by atoms with Gasteiger partial charge >= 0.3 is 0 Å². The highest BCUT2D eigenvalue weighted by atomic mass is 15.4. The van der Waals surface area contributed by atoms with Crippen LogP contribution in [0.4, 0.5) is 0 Å². The molecule has 1 aliphatic rings. The molecule has 94 valence electrons. The normalized spacial score (nSPS) is 19.9. The van der Waals surface area contributed by atoms with Gasteiger partial charge in [-0.3, -0.25) is 0 Å². The summed E-state index contributed by atoms with van der Waals surface area (Å²) in [6.07, 6.45) is 5.80. The molecule has 18 heavy (non-hydrogen) atoms. The van der Waals surface area contributed by atoms with E-state index in [4.69, 9.17) is 0 Å². The molecule has 0 spiro atoms. The Morgan fingerprint density at radius 1 is 1.44 bits per heavy atom. The van der Waals surface area contributed by atoms with Gasteiger partial charge in [0.15, 0.2) is 5.82 Å². The largest absolute Gasteiger partial charge is 0.315 e. The van der Waals surface area contributed by atoms with E-state index in [1.54, 1.807) is 12.4 Å². The van der Waals surface area contributed by atoms with E-state index < -0.39 is 0 Å². The van der Waals surface area contributed by atoms with Gasteiger partial charge in [0, 0.05) is 18.4 Å². The minimum Gasteiger partial charge on any atom is -0.315 e. The summed E-state index contributed by atoms with van der Waals surface area (Å²) in [5, 5.41) is 11.6. The monoisotopic (exact) mass is 244 g/mol. The van der Waals surface area contributed by atoms with Gasteiger partial charge in [-0.2, -0.15) is 0 Å². The zero-order chi connectivity index (χ0) is 12.4. The molecule has 0 amide bonds. The molecule has 0 aliphatic carbocycles. The van der Waals surface area contributed by atoms with Crippen LogP contribution in [0.25, 0.3) is 11.5 Å². The maximum Gasteiger partial charge on any atom is 0.179 e. The number of rotatable bonds is 2. The Labute approximate surface area is 105 Å². The molecule has 1 atom stereocenters. The highest BCUT2D eigenvalue weighted by Gasteiger charge is 2.20. The molecule has 1 fully saturated rings. The van der Waals surface area contributed by atoms with Gasteiger partial charge in [0.1, 0.15) is 5.69 Å². The van der Waals surface area contributed by atoms with Crippen molar-refractivity contribution in [1.82, 2.24) is 30.3 Å². The SMILES string of the molecule is Cc1ccnc(-c2cnnn2C2CCCNC2)n1. The predicted octanol–water partition coefficient (Wildman–Crippen LogP) is 0.968. The predicted molar refractivity (Wildman–Crippen MR) is 66.9 cm³/mol. The lowest BCUT2D eigenvalue weighted by Crippen LogP contribution is -2.32. The lowest BCUT2D eigenvalue weighted by atomic mass is 10.1. The molecular weight excluding hydrogens is 228 g/mol. The van der Waals surface area contributed by atoms with Gasteiger partial charge in [-0.25, -0.2) is 14.6 Å². The van der Waals surface area contributed by atoms with Crippen molar-refractivity contribution in [3.8, 4) is 11.5 Å². The fraction of sp³-hybridized carbons (Fsp3) is 0.500. The topological polar surface area (TPSA) is 68.5 Å². The maximum absolute atomic E-state index is 4.44. The lowest BCUT2D eigenvalue weighted by molar-refractivity contribution is 0.343. The second-order valence-corrected chi connectivity index (χ2v) is 4.59. The third-order valence-electron chi connectivity index (χ3n) is 3.22. The number of piperidine rings is 1. The molecule has 1 aliphatic heterocycles. The number of nitrogens with one attached hydrogen (secondary N) is 1. The van der Waals surface area contributed by atoms with E-state index in [0.717, 1.165) is 30.9 Å². The smallest absolute Gasteiger partial charge is 0.179 e. The summed E-state index contributed by atoms with van der Waals surface area (Å²) in [5.74, 6) is 0.700. The summed E-state index contributed by atoms with van der Waals surface area (Å²) < 4.78 is 1.95. The van der Waals surface area contributed by atoms with Crippen molar-refractivity contribution in [2.24, 2.45) is 0 Å². The van der Waals surface area contributed by atoms with E-state index in [1.807, 2.05) is 17.7 Å². The zero-order valence-corrected chi connectivity index (χ0v) is 10.4. The summed E-state index contributed by atoms with van der Waals surface area (Å²) in [7, 11) is 0. The van der Waals surface area contributed by atoms with Gasteiger partial charge in [0.05, 0.1) is 12.2 Å². The van der Waals surface area contributed by atoms with E-state index >= 15 is 0 Å². The number of hydrogen-bond donors (Lipinski definition) is 1. The summed E-state index contributed by atoms with van der Waals surface area (Å²) >= 11 is 0. The molecule has 0 aromatic carbocycles. The van der Waals surface area contributed by atoms with E-state index in [9.17, 15) is 0 Å². The van der Waals surface area contributed by atoms with E-state index in [0.29, 0.717) is 11.9 Å². The van der Waals surface area contributed by atoms with Crippen LogP contribution in [0, 0.1) is 6.92 Å². The fourth-order valence-corrected chi connectivity index (χ4v) is 2.29. The van der Waals surface area contributed by atoms with Crippen LogP contribution < -0.4 is 5.32 Å². The molecule has 3 rings (SSSR count). The molecule has 1 N–H and O–H groups in total. The van der Waals surface area contributed by atoms with Crippen molar-refractivity contribution < 1.29 is 0 Å². The van der Waals surface area contributed by atoms with Crippen molar-refractivity contribution in [3.63, 3.8) is 0 Å². The molecule has 2 aromatic heterocycles. The Morgan fingerprint density at radius 2 is 2.39 bits per heavy atom. The van der Waals surface area contributed by atoms with Gasteiger partial charge in [0.25, 0.3) is 0 Å². The molecule has 1 unspecified atom stereocenters. The van der Waals surface area contributed by atoms with Crippen LogP contribution in [-0.2, 0) is 0 Å². The zero-order valence-electron chi connectivity index (χ0n) is 10.4. The van der Waals surface area contributed by atoms with Crippen molar-refractivity contribution in [1.29, 1.82) is 0 Å². The van der Waals surface area contributed by atoms with Gasteiger partial charge in [-0.15, -0.1) is 5.10 Å². The van der Waals surface area contributed by atoms with Crippen LogP contribution in [0.15, 0.2) is 18.5 Å². The molecule has 3 heterocycles. The van der Waals surface area contributed by atoms with Crippen LogP contribution in [0.2, 0.25) is 0 Å². The van der Waals surface area contributed by atoms with Gasteiger partial charge in [0.2, 0.25) is 0 Å². The first-order valence-electron chi connectivity index (χ1n) is 6.25. The van der Waals surface area contributed by atoms with Crippen LogP contribution in [0.5, 0.6) is 0 Å². The Morgan fingerprint density at radius 3 is 3.17 bits per heavy atom. The molecule has 0 saturated carbocycles. The van der Waals surface area contributed by atoms with Crippen LogP contribution in [-0.4, -0.2) is 38.1 Å². The molecular formula is C12H16N6. The quantitative estimate of drug-likeness (QED) is 0.852. The van der Waals surface area contributed by atoms with Crippen molar-refractivity contribution in [2.75, 3.05) is 13.1 Å². The second-order valence-electron chi connectivity index (χ2n) is 4.59. The maximum atomic E-state index is 4.44. The first-order valence-corrected chi connectivity index (χ1v) is 6.25. The third kappa shape index (κ3) is 2.11. The van der Waals surface area contributed by atoms with Gasteiger partial charge in [-0.1, -0.05) is 5.21 Å². The average Bonchev–Trinajstić information content (AvgIpc) is 2.89. The Bertz CT molecular complexity index is 529. The Balaban J connectivity index is 1.95. The first-order chi connectivity index (χ1) is 8.84. The molecule has 0 radical (unpaired) electrons. The summed E-state index contributed by atoms with van der Waals surface area (Å²) in [6, 6.07) is 2.24. The van der Waals surface area contributed by atoms with E-state index in [1.165, 1.54) is 6.42 Å². The minimum atomic E-state index is 0.348. The highest BCUT2D eigenvalue weighted by molar-refractivity contribution is 5.47. The minimum absolute atomic E-state index is 0.348. The second kappa shape index (κ2) is 4.81. The average molecular weight is 244 g/mol. The first kappa shape index (κ1) is 11.3. The molecule has 1 saturated heterocycles. The number of aryl methyl sites for hydroxylation is 1. The Hall–Kier alpha value is -1.82. The number of aromatic nitrogens is 5. The van der Waals surface area contributed by atoms with E-state index in [-0.39, 0.29) is 0 Å². The summed E-state index contributed by atoms with van der Waals surface area (Å²) in [5.41, 5.74) is 1.85. The van der Waals surface area contributed by atoms with Crippen LogP contribution in [0.1, 0.15) is 24.6 Å².